The van der Waals surface area contributed by atoms with Gasteiger partial charge in [-0.2, -0.15) is 30.6 Å². The summed E-state index contributed by atoms with van der Waals surface area (Å²) in [7, 11) is -3.01. The van der Waals surface area contributed by atoms with Crippen molar-refractivity contribution in [2.75, 3.05) is 12.8 Å². The third kappa shape index (κ3) is 3.65. The minimum Gasteiger partial charge on any atom is -0.375 e. The summed E-state index contributed by atoms with van der Waals surface area (Å²) < 4.78 is 103. The molecule has 14 heteroatoms. The molecule has 0 spiro atoms. The molecule has 1 unspecified atom stereocenters. The van der Waals surface area contributed by atoms with Crippen molar-refractivity contribution in [3.63, 3.8) is 0 Å². The van der Waals surface area contributed by atoms with Gasteiger partial charge < -0.3 is 10.8 Å². The van der Waals surface area contributed by atoms with Crippen LogP contribution in [0.25, 0.3) is 0 Å². The Morgan fingerprint density at radius 3 is 2.14 bits per heavy atom. The number of aromatic nitrogens is 1. The Kier molecular flexibility index (Phi) is 5.66. The zero-order valence-corrected chi connectivity index (χ0v) is 16.0. The molecule has 2 rings (SSSR count). The monoisotopic (exact) mass is 451 g/mol. The third-order valence-corrected chi connectivity index (χ3v) is 7.62. The van der Waals surface area contributed by atoms with Crippen LogP contribution >= 0.6 is 11.3 Å². The second-order valence-electron chi connectivity index (χ2n) is 5.97. The molecule has 0 radical (unpaired) electrons. The summed E-state index contributed by atoms with van der Waals surface area (Å²) in [5, 5.41) is 9.38. The van der Waals surface area contributed by atoms with Gasteiger partial charge in [-0.1, -0.05) is 29.6 Å². The van der Waals surface area contributed by atoms with E-state index in [-0.39, 0.29) is 15.0 Å². The van der Waals surface area contributed by atoms with Crippen molar-refractivity contribution in [2.24, 2.45) is 0 Å². The maximum atomic E-state index is 12.9. The van der Waals surface area contributed by atoms with Crippen molar-refractivity contribution < 1.29 is 39.9 Å². The molecule has 28 heavy (non-hydrogen) atoms. The Bertz CT molecular complexity index is 904. The SMILES string of the molecule is Cc1nc(N)sc1S(=O)(=O)N(C)C1C=CC(C(O)(C(F)(F)F)C(F)(F)F)=CC1. The van der Waals surface area contributed by atoms with E-state index in [1.165, 1.54) is 6.92 Å². The van der Waals surface area contributed by atoms with E-state index in [2.05, 4.69) is 4.98 Å². The highest BCUT2D eigenvalue weighted by Crippen LogP contribution is 2.48. The molecule has 0 amide bonds. The molecular weight excluding hydrogens is 436 g/mol. The Hall–Kier alpha value is -1.64. The van der Waals surface area contributed by atoms with Gasteiger partial charge in [-0.05, 0) is 18.9 Å². The minimum absolute atomic E-state index is 0.00809. The van der Waals surface area contributed by atoms with Gasteiger partial charge in [0.15, 0.2) is 9.34 Å². The van der Waals surface area contributed by atoms with Crippen molar-refractivity contribution in [2.45, 2.75) is 41.5 Å². The van der Waals surface area contributed by atoms with Crippen molar-refractivity contribution in [1.29, 1.82) is 0 Å². The number of nitrogens with zero attached hydrogens (tertiary/aromatic N) is 2. The summed E-state index contributed by atoms with van der Waals surface area (Å²) in [6, 6.07) is -1.07. The average Bonchev–Trinajstić information content (AvgIpc) is 2.90. The van der Waals surface area contributed by atoms with Gasteiger partial charge in [0.1, 0.15) is 0 Å². The van der Waals surface area contributed by atoms with Crippen LogP contribution in [0.5, 0.6) is 0 Å². The smallest absolute Gasteiger partial charge is 0.375 e. The first kappa shape index (κ1) is 22.6. The molecule has 1 heterocycles. The normalized spacial score (nSPS) is 19.2. The van der Waals surface area contributed by atoms with E-state index in [1.807, 2.05) is 0 Å². The van der Waals surface area contributed by atoms with Gasteiger partial charge in [0.25, 0.3) is 15.6 Å². The number of aliphatic hydroxyl groups is 1. The molecule has 1 atom stereocenters. The van der Waals surface area contributed by atoms with E-state index in [9.17, 15) is 39.9 Å². The van der Waals surface area contributed by atoms with Crippen LogP contribution in [0.1, 0.15) is 12.1 Å². The maximum absolute atomic E-state index is 12.9. The number of anilines is 1. The fraction of sp³-hybridized carbons (Fsp3) is 0.500. The summed E-state index contributed by atoms with van der Waals surface area (Å²) in [4.78, 5) is 3.78. The third-order valence-electron chi connectivity index (χ3n) is 4.17. The second-order valence-corrected chi connectivity index (χ2v) is 9.20. The number of hydrogen-bond acceptors (Lipinski definition) is 6. The number of nitrogens with two attached hydrogens (primary N) is 1. The van der Waals surface area contributed by atoms with Crippen LogP contribution < -0.4 is 5.73 Å². The Balaban J connectivity index is 2.33. The summed E-state index contributed by atoms with van der Waals surface area (Å²) in [6.07, 6.45) is -10.7. The van der Waals surface area contributed by atoms with E-state index in [0.29, 0.717) is 23.5 Å². The lowest BCUT2D eigenvalue weighted by Crippen LogP contribution is -2.58. The molecule has 1 aromatic heterocycles. The molecule has 6 nitrogen and oxygen atoms in total. The number of halogens is 6. The lowest BCUT2D eigenvalue weighted by atomic mass is 9.87. The van der Waals surface area contributed by atoms with Gasteiger partial charge >= 0.3 is 12.4 Å². The van der Waals surface area contributed by atoms with Crippen molar-refractivity contribution >= 4 is 26.5 Å². The van der Waals surface area contributed by atoms with Crippen LogP contribution in [0.2, 0.25) is 0 Å². The maximum Gasteiger partial charge on any atom is 0.430 e. The predicted molar refractivity (Wildman–Crippen MR) is 88.9 cm³/mol. The average molecular weight is 451 g/mol. The van der Waals surface area contributed by atoms with E-state index < -0.39 is 46.0 Å². The Morgan fingerprint density at radius 2 is 1.79 bits per heavy atom. The fourth-order valence-electron chi connectivity index (χ4n) is 2.59. The van der Waals surface area contributed by atoms with Crippen molar-refractivity contribution in [1.82, 2.24) is 9.29 Å². The first-order valence-corrected chi connectivity index (χ1v) is 9.74. The van der Waals surface area contributed by atoms with Crippen molar-refractivity contribution in [3.05, 3.63) is 29.5 Å². The number of sulfonamides is 1. The predicted octanol–water partition coefficient (Wildman–Crippen LogP) is 2.76. The molecule has 0 aliphatic heterocycles. The quantitative estimate of drug-likeness (QED) is 0.687. The standard InChI is InChI=1S/C14H15F6N3O3S2/c1-7-10(27-11(21)22-7)28(25,26)23(2)9-5-3-8(4-6-9)12(24,13(15,16)17)14(18,19)20/h3-5,9,24H,6H2,1-2H3,(H2,21,22). The molecule has 0 fully saturated rings. The molecule has 3 N–H and O–H groups in total. The second kappa shape index (κ2) is 7.00. The fourth-order valence-corrected chi connectivity index (χ4v) is 5.38. The number of hydrogen-bond donors (Lipinski definition) is 2. The molecular formula is C14H15F6N3O3S2. The zero-order valence-electron chi connectivity index (χ0n) is 14.3. The summed E-state index contributed by atoms with van der Waals surface area (Å²) >= 11 is 0.685. The molecule has 1 aliphatic rings. The highest BCUT2D eigenvalue weighted by atomic mass is 32.2. The number of thiazole rings is 1. The van der Waals surface area contributed by atoms with Gasteiger partial charge in [0.05, 0.1) is 5.69 Å². The first-order chi connectivity index (χ1) is 12.5. The lowest BCUT2D eigenvalue weighted by Gasteiger charge is -2.35. The minimum atomic E-state index is -6.01. The molecule has 158 valence electrons. The van der Waals surface area contributed by atoms with Gasteiger partial charge in [-0.3, -0.25) is 0 Å². The van der Waals surface area contributed by atoms with Crippen LogP contribution in [0.15, 0.2) is 28.0 Å². The number of rotatable bonds is 4. The lowest BCUT2D eigenvalue weighted by molar-refractivity contribution is -0.351. The van der Waals surface area contributed by atoms with Crippen LogP contribution in [0.3, 0.4) is 0 Å². The van der Waals surface area contributed by atoms with Gasteiger partial charge in [0.2, 0.25) is 0 Å². The Morgan fingerprint density at radius 1 is 1.25 bits per heavy atom. The molecule has 1 aromatic rings. The highest BCUT2D eigenvalue weighted by molar-refractivity contribution is 7.91. The zero-order chi connectivity index (χ0) is 21.7. The number of nitrogen functional groups attached to an aromatic ring is 1. The molecule has 0 saturated heterocycles. The Labute approximate surface area is 160 Å². The first-order valence-electron chi connectivity index (χ1n) is 7.49. The number of likely N-dealkylation sites (N-methyl/N-ethyl adjacent to an activating group) is 1. The number of alkyl halides is 6. The van der Waals surface area contributed by atoms with Gasteiger partial charge in [-0.15, -0.1) is 0 Å². The van der Waals surface area contributed by atoms with E-state index in [4.69, 9.17) is 5.73 Å². The van der Waals surface area contributed by atoms with Crippen LogP contribution in [-0.2, 0) is 10.0 Å². The van der Waals surface area contributed by atoms with E-state index in [0.717, 1.165) is 17.4 Å². The van der Waals surface area contributed by atoms with Crippen LogP contribution in [0, 0.1) is 6.92 Å². The van der Waals surface area contributed by atoms with E-state index in [1.54, 1.807) is 0 Å². The van der Waals surface area contributed by atoms with Crippen LogP contribution in [-0.4, -0.2) is 53.9 Å². The van der Waals surface area contributed by atoms with Crippen LogP contribution in [0.4, 0.5) is 31.5 Å². The van der Waals surface area contributed by atoms with E-state index >= 15 is 0 Å². The largest absolute Gasteiger partial charge is 0.430 e. The van der Waals surface area contributed by atoms with Gasteiger partial charge in [-0.25, -0.2) is 13.4 Å². The summed E-state index contributed by atoms with van der Waals surface area (Å²) in [5.41, 5.74) is -0.896. The summed E-state index contributed by atoms with van der Waals surface area (Å²) in [5.74, 6) is 0. The topological polar surface area (TPSA) is 96.5 Å². The molecule has 1 aliphatic carbocycles. The molecule has 0 saturated carbocycles. The van der Waals surface area contributed by atoms with Crippen molar-refractivity contribution in [3.8, 4) is 0 Å². The molecule has 0 bridgehead atoms. The summed E-state index contributed by atoms with van der Waals surface area (Å²) in [6.45, 7) is 1.40. The molecule has 0 aromatic carbocycles. The highest BCUT2D eigenvalue weighted by Gasteiger charge is 2.71. The number of aryl methyl sites for hydroxylation is 1. The van der Waals surface area contributed by atoms with Gasteiger partial charge in [0, 0.05) is 13.1 Å².